The van der Waals surface area contributed by atoms with Crippen molar-refractivity contribution in [3.8, 4) is 5.75 Å². The first-order valence-corrected chi connectivity index (χ1v) is 6.51. The van der Waals surface area contributed by atoms with Crippen LogP contribution >= 0.6 is 24.0 Å². The fourth-order valence-electron chi connectivity index (χ4n) is 2.09. The number of rotatable bonds is 3. The van der Waals surface area contributed by atoms with Crippen LogP contribution in [0, 0.1) is 0 Å². The smallest absolute Gasteiger partial charge is 0.237 e. The van der Waals surface area contributed by atoms with Crippen LogP contribution in [0.5, 0.6) is 5.75 Å². The molecule has 0 saturated carbocycles. The Labute approximate surface area is 124 Å². The number of hydrogen-bond acceptors (Lipinski definition) is 3. The van der Waals surface area contributed by atoms with Gasteiger partial charge in [0.05, 0.1) is 7.11 Å². The summed E-state index contributed by atoms with van der Waals surface area (Å²) >= 11 is 5.55. The van der Waals surface area contributed by atoms with Crippen LogP contribution < -0.4 is 9.64 Å². The van der Waals surface area contributed by atoms with Crippen LogP contribution in [0.2, 0.25) is 0 Å². The SMILES string of the molecule is COc1ccc(N2CCN(C(=O)CCl)CC2)cc1.Cl. The van der Waals surface area contributed by atoms with Crippen molar-refractivity contribution in [3.05, 3.63) is 24.3 Å². The zero-order valence-electron chi connectivity index (χ0n) is 10.8. The Kier molecular flexibility index (Phi) is 6.25. The van der Waals surface area contributed by atoms with Gasteiger partial charge in [0.2, 0.25) is 5.91 Å². The first kappa shape index (κ1) is 15.9. The number of methoxy groups -OCH3 is 1. The van der Waals surface area contributed by atoms with E-state index in [-0.39, 0.29) is 24.2 Å². The van der Waals surface area contributed by atoms with Gasteiger partial charge in [-0.2, -0.15) is 0 Å². The topological polar surface area (TPSA) is 32.8 Å². The van der Waals surface area contributed by atoms with E-state index in [4.69, 9.17) is 16.3 Å². The largest absolute Gasteiger partial charge is 0.497 e. The molecule has 2 rings (SSSR count). The third kappa shape index (κ3) is 3.91. The molecule has 1 aliphatic rings. The van der Waals surface area contributed by atoms with E-state index in [2.05, 4.69) is 4.90 Å². The normalized spacial score (nSPS) is 14.8. The van der Waals surface area contributed by atoms with E-state index in [1.165, 1.54) is 0 Å². The van der Waals surface area contributed by atoms with Gasteiger partial charge in [0.15, 0.2) is 0 Å². The Morgan fingerprint density at radius 2 is 1.79 bits per heavy atom. The maximum Gasteiger partial charge on any atom is 0.237 e. The lowest BCUT2D eigenvalue weighted by Crippen LogP contribution is -2.49. The lowest BCUT2D eigenvalue weighted by atomic mass is 10.2. The average molecular weight is 305 g/mol. The van der Waals surface area contributed by atoms with Crippen LogP contribution in [0.3, 0.4) is 0 Å². The van der Waals surface area contributed by atoms with Crippen LogP contribution in [-0.4, -0.2) is 50.0 Å². The quantitative estimate of drug-likeness (QED) is 0.801. The minimum Gasteiger partial charge on any atom is -0.497 e. The summed E-state index contributed by atoms with van der Waals surface area (Å²) in [7, 11) is 1.66. The van der Waals surface area contributed by atoms with Crippen LogP contribution in [-0.2, 0) is 4.79 Å². The standard InChI is InChI=1S/C13H17ClN2O2.ClH/c1-18-12-4-2-11(3-5-12)15-6-8-16(9-7-15)13(17)10-14;/h2-5H,6-10H2,1H3;1H. The van der Waals surface area contributed by atoms with E-state index >= 15 is 0 Å². The number of ether oxygens (including phenoxy) is 1. The van der Waals surface area contributed by atoms with Crippen molar-refractivity contribution in [2.45, 2.75) is 0 Å². The summed E-state index contributed by atoms with van der Waals surface area (Å²) < 4.78 is 5.13. The molecule has 0 unspecified atom stereocenters. The van der Waals surface area contributed by atoms with Crippen molar-refractivity contribution in [2.24, 2.45) is 0 Å². The number of amides is 1. The number of piperazine rings is 1. The molecule has 0 atom stereocenters. The molecule has 1 aromatic carbocycles. The minimum atomic E-state index is 0. The van der Waals surface area contributed by atoms with Crippen LogP contribution in [0.4, 0.5) is 5.69 Å². The van der Waals surface area contributed by atoms with Gasteiger partial charge in [-0.3, -0.25) is 4.79 Å². The molecule has 106 valence electrons. The van der Waals surface area contributed by atoms with Gasteiger partial charge in [-0.15, -0.1) is 24.0 Å². The number of hydrogen-bond donors (Lipinski definition) is 0. The number of carbonyl (C=O) groups excluding carboxylic acids is 1. The molecule has 0 aliphatic carbocycles. The Morgan fingerprint density at radius 3 is 2.26 bits per heavy atom. The van der Waals surface area contributed by atoms with Crippen molar-refractivity contribution in [2.75, 3.05) is 44.1 Å². The molecule has 1 aromatic rings. The Hall–Kier alpha value is -1.13. The zero-order chi connectivity index (χ0) is 13.0. The maximum atomic E-state index is 11.5. The molecule has 0 spiro atoms. The number of anilines is 1. The Balaban J connectivity index is 0.00000180. The molecule has 4 nitrogen and oxygen atoms in total. The molecule has 6 heteroatoms. The predicted molar refractivity (Wildman–Crippen MR) is 79.8 cm³/mol. The minimum absolute atomic E-state index is 0. The highest BCUT2D eigenvalue weighted by atomic mass is 35.5. The van der Waals surface area contributed by atoms with Gasteiger partial charge in [0.1, 0.15) is 11.6 Å². The third-order valence-corrected chi connectivity index (χ3v) is 3.41. The molecular formula is C13H18Cl2N2O2. The zero-order valence-corrected chi connectivity index (χ0v) is 12.4. The fraction of sp³-hybridized carbons (Fsp3) is 0.462. The highest BCUT2D eigenvalue weighted by molar-refractivity contribution is 6.27. The summed E-state index contributed by atoms with van der Waals surface area (Å²) in [6.45, 7) is 3.15. The molecule has 1 fully saturated rings. The molecule has 1 amide bonds. The Bertz CT molecular complexity index is 404. The lowest BCUT2D eigenvalue weighted by Gasteiger charge is -2.35. The van der Waals surface area contributed by atoms with Gasteiger partial charge in [0.25, 0.3) is 0 Å². The van der Waals surface area contributed by atoms with Crippen molar-refractivity contribution in [3.63, 3.8) is 0 Å². The summed E-state index contributed by atoms with van der Waals surface area (Å²) in [4.78, 5) is 15.5. The number of halogens is 2. The molecule has 0 N–H and O–H groups in total. The number of nitrogens with zero attached hydrogens (tertiary/aromatic N) is 2. The highest BCUT2D eigenvalue weighted by Gasteiger charge is 2.20. The summed E-state index contributed by atoms with van der Waals surface area (Å²) in [5, 5.41) is 0. The van der Waals surface area contributed by atoms with Gasteiger partial charge in [-0.05, 0) is 24.3 Å². The molecule has 19 heavy (non-hydrogen) atoms. The van der Waals surface area contributed by atoms with Crippen molar-refractivity contribution >= 4 is 35.6 Å². The highest BCUT2D eigenvalue weighted by Crippen LogP contribution is 2.20. The van der Waals surface area contributed by atoms with Gasteiger partial charge in [-0.25, -0.2) is 0 Å². The number of carbonyl (C=O) groups is 1. The molecular weight excluding hydrogens is 287 g/mol. The van der Waals surface area contributed by atoms with E-state index in [0.29, 0.717) is 0 Å². The first-order chi connectivity index (χ1) is 8.74. The number of benzene rings is 1. The second-order valence-electron chi connectivity index (χ2n) is 4.20. The molecule has 1 aliphatic heterocycles. The molecule has 0 radical (unpaired) electrons. The number of alkyl halides is 1. The first-order valence-electron chi connectivity index (χ1n) is 5.97. The van der Waals surface area contributed by atoms with Crippen molar-refractivity contribution in [1.29, 1.82) is 0 Å². The van der Waals surface area contributed by atoms with Crippen LogP contribution in [0.1, 0.15) is 0 Å². The summed E-state index contributed by atoms with van der Waals surface area (Å²) in [5.74, 6) is 0.948. The lowest BCUT2D eigenvalue weighted by molar-refractivity contribution is -0.128. The third-order valence-electron chi connectivity index (χ3n) is 3.18. The average Bonchev–Trinajstić information content (AvgIpc) is 2.47. The van der Waals surface area contributed by atoms with E-state index < -0.39 is 0 Å². The van der Waals surface area contributed by atoms with Crippen molar-refractivity contribution < 1.29 is 9.53 Å². The molecule has 1 heterocycles. The van der Waals surface area contributed by atoms with Gasteiger partial charge < -0.3 is 14.5 Å². The van der Waals surface area contributed by atoms with Crippen LogP contribution in [0.25, 0.3) is 0 Å². The second-order valence-corrected chi connectivity index (χ2v) is 4.47. The monoisotopic (exact) mass is 304 g/mol. The van der Waals surface area contributed by atoms with E-state index in [0.717, 1.165) is 37.6 Å². The predicted octanol–water partition coefficient (Wildman–Crippen LogP) is 2.00. The van der Waals surface area contributed by atoms with Gasteiger partial charge in [0, 0.05) is 31.9 Å². The van der Waals surface area contributed by atoms with E-state index in [9.17, 15) is 4.79 Å². The van der Waals surface area contributed by atoms with E-state index in [1.54, 1.807) is 7.11 Å². The summed E-state index contributed by atoms with van der Waals surface area (Å²) in [6.07, 6.45) is 0. The summed E-state index contributed by atoms with van der Waals surface area (Å²) in [6, 6.07) is 7.98. The molecule has 0 bridgehead atoms. The van der Waals surface area contributed by atoms with Gasteiger partial charge in [-0.1, -0.05) is 0 Å². The summed E-state index contributed by atoms with van der Waals surface area (Å²) in [5.41, 5.74) is 1.16. The van der Waals surface area contributed by atoms with E-state index in [1.807, 2.05) is 29.2 Å². The Morgan fingerprint density at radius 1 is 1.21 bits per heavy atom. The maximum absolute atomic E-state index is 11.5. The fourth-order valence-corrected chi connectivity index (χ4v) is 2.26. The second kappa shape index (κ2) is 7.46. The van der Waals surface area contributed by atoms with Gasteiger partial charge >= 0.3 is 0 Å². The van der Waals surface area contributed by atoms with Crippen molar-refractivity contribution in [1.82, 2.24) is 4.90 Å². The molecule has 1 saturated heterocycles. The molecule has 0 aromatic heterocycles. The van der Waals surface area contributed by atoms with Crippen LogP contribution in [0.15, 0.2) is 24.3 Å².